The number of carbonyl (C=O) groups excluding carboxylic acids is 3. The molecule has 0 aromatic carbocycles. The van der Waals surface area contributed by atoms with Crippen LogP contribution >= 0.6 is 0 Å². The van der Waals surface area contributed by atoms with Crippen LogP contribution in [0.5, 0.6) is 0 Å². The number of carbonyl (C=O) groups is 3. The minimum atomic E-state index is -0.764. The Morgan fingerprint density at radius 1 is 0.303 bits per heavy atom. The number of unbranched alkanes of at least 4 members (excludes halogenated alkanes) is 35. The predicted molar refractivity (Wildman–Crippen MR) is 284 cm³/mol. The van der Waals surface area contributed by atoms with Crippen molar-refractivity contribution in [2.24, 2.45) is 17.8 Å². The van der Waals surface area contributed by atoms with Crippen LogP contribution in [0.2, 0.25) is 0 Å². The van der Waals surface area contributed by atoms with Crippen molar-refractivity contribution >= 4 is 17.9 Å². The molecule has 0 amide bonds. The van der Waals surface area contributed by atoms with E-state index in [9.17, 15) is 14.4 Å². The van der Waals surface area contributed by atoms with Gasteiger partial charge in [-0.3, -0.25) is 14.4 Å². The van der Waals surface area contributed by atoms with Gasteiger partial charge < -0.3 is 14.2 Å². The summed E-state index contributed by atoms with van der Waals surface area (Å²) < 4.78 is 16.9. The fraction of sp³-hybridized carbons (Fsp3) is 0.950. The normalized spacial score (nSPS) is 12.5. The first-order valence-corrected chi connectivity index (χ1v) is 29.6. The molecule has 0 radical (unpaired) electrons. The van der Waals surface area contributed by atoms with Crippen molar-refractivity contribution in [3.8, 4) is 0 Å². The van der Waals surface area contributed by atoms with Crippen LogP contribution in [0.15, 0.2) is 0 Å². The predicted octanol–water partition coefficient (Wildman–Crippen LogP) is 19.5. The van der Waals surface area contributed by atoms with Crippen LogP contribution in [-0.4, -0.2) is 37.2 Å². The van der Waals surface area contributed by atoms with Crippen molar-refractivity contribution in [2.45, 2.75) is 337 Å². The van der Waals surface area contributed by atoms with E-state index in [2.05, 4.69) is 41.5 Å². The maximum Gasteiger partial charge on any atom is 0.306 e. The number of hydrogen-bond acceptors (Lipinski definition) is 6. The second-order valence-electron chi connectivity index (χ2n) is 21.8. The van der Waals surface area contributed by atoms with E-state index >= 15 is 0 Å². The van der Waals surface area contributed by atoms with Crippen molar-refractivity contribution in [3.05, 3.63) is 0 Å². The molecule has 0 aliphatic rings. The first kappa shape index (κ1) is 64.4. The molecule has 0 aromatic heterocycles. The Hall–Kier alpha value is -1.59. The topological polar surface area (TPSA) is 78.9 Å². The maximum atomic E-state index is 12.9. The molecule has 0 rings (SSSR count). The van der Waals surface area contributed by atoms with Crippen LogP contribution < -0.4 is 0 Å². The Labute approximate surface area is 412 Å². The molecule has 1 unspecified atom stereocenters. The highest BCUT2D eigenvalue weighted by molar-refractivity contribution is 5.71. The van der Waals surface area contributed by atoms with E-state index in [0.29, 0.717) is 19.3 Å². The molecule has 0 aliphatic heterocycles. The van der Waals surface area contributed by atoms with Gasteiger partial charge in [-0.2, -0.15) is 0 Å². The van der Waals surface area contributed by atoms with Crippen molar-refractivity contribution in [1.29, 1.82) is 0 Å². The Bertz CT molecular complexity index is 1020. The molecule has 0 heterocycles. The van der Waals surface area contributed by atoms with Gasteiger partial charge in [-0.05, 0) is 37.0 Å². The molecule has 0 aliphatic carbocycles. The summed E-state index contributed by atoms with van der Waals surface area (Å²) >= 11 is 0. The second kappa shape index (κ2) is 51.3. The zero-order chi connectivity index (χ0) is 48.4. The first-order valence-electron chi connectivity index (χ1n) is 29.6. The standard InChI is InChI=1S/C60H116O6/c1-7-56(6)48-42-36-30-24-20-16-12-10-8-9-11-13-17-22-26-32-39-45-51-60(63)66-57(53-65-59(62)50-44-38-33-27-29-35-41-47-55(4)5)52-64-58(61)49-43-37-31-25-21-18-14-15-19-23-28-34-40-46-54(2)3/h54-57H,7-53H2,1-6H3/t56?,57-/m1/s1. The molecule has 0 saturated carbocycles. The summed E-state index contributed by atoms with van der Waals surface area (Å²) in [6, 6.07) is 0. The Balaban J connectivity index is 4.21. The van der Waals surface area contributed by atoms with Crippen LogP contribution in [-0.2, 0) is 28.6 Å². The van der Waals surface area contributed by atoms with Crippen LogP contribution in [0, 0.1) is 17.8 Å². The van der Waals surface area contributed by atoms with Crippen LogP contribution in [0.4, 0.5) is 0 Å². The van der Waals surface area contributed by atoms with Gasteiger partial charge in [0.05, 0.1) is 0 Å². The minimum absolute atomic E-state index is 0.0640. The zero-order valence-corrected chi connectivity index (χ0v) is 45.5. The molecule has 66 heavy (non-hydrogen) atoms. The molecule has 0 bridgehead atoms. The average molecular weight is 934 g/mol. The molecular formula is C60H116O6. The number of esters is 3. The lowest BCUT2D eigenvalue weighted by Gasteiger charge is -2.18. The number of rotatable bonds is 53. The highest BCUT2D eigenvalue weighted by Crippen LogP contribution is 2.19. The molecule has 0 aromatic rings. The summed E-state index contributed by atoms with van der Waals surface area (Å²) in [5.74, 6) is 1.68. The fourth-order valence-corrected chi connectivity index (χ4v) is 9.14. The lowest BCUT2D eigenvalue weighted by atomic mass is 9.99. The quantitative estimate of drug-likeness (QED) is 0.0343. The van der Waals surface area contributed by atoms with Crippen molar-refractivity contribution < 1.29 is 28.6 Å². The molecule has 2 atom stereocenters. The van der Waals surface area contributed by atoms with E-state index in [1.165, 1.54) is 212 Å². The monoisotopic (exact) mass is 933 g/mol. The lowest BCUT2D eigenvalue weighted by Crippen LogP contribution is -2.30. The summed E-state index contributed by atoms with van der Waals surface area (Å²) in [7, 11) is 0. The Morgan fingerprint density at radius 2 is 0.530 bits per heavy atom. The highest BCUT2D eigenvalue weighted by atomic mass is 16.6. The molecular weight excluding hydrogens is 817 g/mol. The van der Waals surface area contributed by atoms with Gasteiger partial charge in [-0.25, -0.2) is 0 Å². The summed E-state index contributed by atoms with van der Waals surface area (Å²) in [5.41, 5.74) is 0. The smallest absolute Gasteiger partial charge is 0.306 e. The molecule has 0 N–H and O–H groups in total. The van der Waals surface area contributed by atoms with Crippen LogP contribution in [0.25, 0.3) is 0 Å². The Morgan fingerprint density at radius 3 is 0.788 bits per heavy atom. The Kier molecular flexibility index (Phi) is 50.0. The van der Waals surface area contributed by atoms with Gasteiger partial charge >= 0.3 is 17.9 Å². The van der Waals surface area contributed by atoms with Crippen molar-refractivity contribution in [2.75, 3.05) is 13.2 Å². The van der Waals surface area contributed by atoms with Gasteiger partial charge in [0.25, 0.3) is 0 Å². The van der Waals surface area contributed by atoms with Gasteiger partial charge in [0, 0.05) is 19.3 Å². The lowest BCUT2D eigenvalue weighted by molar-refractivity contribution is -0.167. The van der Waals surface area contributed by atoms with Crippen LogP contribution in [0.3, 0.4) is 0 Å². The highest BCUT2D eigenvalue weighted by Gasteiger charge is 2.19. The largest absolute Gasteiger partial charge is 0.462 e. The maximum absolute atomic E-state index is 12.9. The van der Waals surface area contributed by atoms with E-state index in [1.54, 1.807) is 0 Å². The second-order valence-corrected chi connectivity index (χ2v) is 21.8. The van der Waals surface area contributed by atoms with E-state index in [0.717, 1.165) is 75.5 Å². The molecule has 0 spiro atoms. The third kappa shape index (κ3) is 51.8. The summed E-state index contributed by atoms with van der Waals surface area (Å²) in [6.07, 6.45) is 53.9. The van der Waals surface area contributed by atoms with Crippen molar-refractivity contribution in [3.63, 3.8) is 0 Å². The molecule has 6 heteroatoms. The summed E-state index contributed by atoms with van der Waals surface area (Å²) in [5, 5.41) is 0. The van der Waals surface area contributed by atoms with E-state index in [4.69, 9.17) is 14.2 Å². The third-order valence-electron chi connectivity index (χ3n) is 14.0. The minimum Gasteiger partial charge on any atom is -0.462 e. The van der Waals surface area contributed by atoms with Gasteiger partial charge in [0.15, 0.2) is 6.10 Å². The van der Waals surface area contributed by atoms with Gasteiger partial charge in [-0.1, -0.05) is 292 Å². The number of hydrogen-bond donors (Lipinski definition) is 0. The molecule has 6 nitrogen and oxygen atoms in total. The van der Waals surface area contributed by atoms with Gasteiger partial charge in [-0.15, -0.1) is 0 Å². The summed E-state index contributed by atoms with van der Waals surface area (Å²) in [4.78, 5) is 38.1. The fourth-order valence-electron chi connectivity index (χ4n) is 9.14. The zero-order valence-electron chi connectivity index (χ0n) is 45.5. The van der Waals surface area contributed by atoms with Crippen molar-refractivity contribution in [1.82, 2.24) is 0 Å². The average Bonchev–Trinajstić information content (AvgIpc) is 3.29. The first-order chi connectivity index (χ1) is 32.1. The van der Waals surface area contributed by atoms with E-state index < -0.39 is 6.10 Å². The number of ether oxygens (including phenoxy) is 3. The van der Waals surface area contributed by atoms with E-state index in [1.807, 2.05) is 0 Å². The molecule has 0 saturated heterocycles. The molecule has 0 fully saturated rings. The van der Waals surface area contributed by atoms with Crippen LogP contribution in [0.1, 0.15) is 330 Å². The third-order valence-corrected chi connectivity index (χ3v) is 14.0. The SMILES string of the molecule is CCC(C)CCCCCCCCCCCCCCCCCCCCC(=O)O[C@H](COC(=O)CCCCCCCCCCCCCCCC(C)C)COC(=O)CCCCCCCCCC(C)C. The van der Waals surface area contributed by atoms with Gasteiger partial charge in [0.1, 0.15) is 13.2 Å². The summed E-state index contributed by atoms with van der Waals surface area (Å²) in [6.45, 7) is 13.8. The van der Waals surface area contributed by atoms with Gasteiger partial charge in [0.2, 0.25) is 0 Å². The molecule has 392 valence electrons. The van der Waals surface area contributed by atoms with E-state index in [-0.39, 0.29) is 31.1 Å².